The molecule has 1 amide bonds. The number of rotatable bonds is 6. The quantitative estimate of drug-likeness (QED) is 0.842. The maximum absolute atomic E-state index is 12.2. The van der Waals surface area contributed by atoms with E-state index in [1.807, 2.05) is 4.90 Å². The van der Waals surface area contributed by atoms with Gasteiger partial charge < -0.3 is 14.5 Å². The van der Waals surface area contributed by atoms with Crippen LogP contribution in [0.15, 0.2) is 4.52 Å². The maximum Gasteiger partial charge on any atom is 0.240 e. The van der Waals surface area contributed by atoms with Crippen molar-refractivity contribution in [3.8, 4) is 0 Å². The molecule has 1 spiro atoms. The van der Waals surface area contributed by atoms with Crippen LogP contribution < -0.4 is 0 Å². The fourth-order valence-corrected chi connectivity index (χ4v) is 4.10. The van der Waals surface area contributed by atoms with Crippen LogP contribution in [0.2, 0.25) is 0 Å². The molecule has 25 heavy (non-hydrogen) atoms. The molecule has 2 aliphatic rings. The third-order valence-corrected chi connectivity index (χ3v) is 5.43. The number of piperidine rings is 2. The number of carbonyl (C=O) groups is 1. The Labute approximate surface area is 149 Å². The normalized spacial score (nSPS) is 25.3. The molecule has 7 nitrogen and oxygen atoms in total. The Kier molecular flexibility index (Phi) is 5.74. The summed E-state index contributed by atoms with van der Waals surface area (Å²) in [4.78, 5) is 21.0. The Morgan fingerprint density at radius 3 is 2.88 bits per heavy atom. The van der Waals surface area contributed by atoms with Gasteiger partial charge in [-0.3, -0.25) is 9.69 Å². The lowest BCUT2D eigenvalue weighted by Gasteiger charge is -2.48. The predicted octanol–water partition coefficient (Wildman–Crippen LogP) is 1.78. The number of amides is 1. The van der Waals surface area contributed by atoms with Gasteiger partial charge in [-0.15, -0.1) is 0 Å². The highest BCUT2D eigenvalue weighted by Gasteiger charge is 2.41. The first-order chi connectivity index (χ1) is 12.0. The zero-order valence-electron chi connectivity index (χ0n) is 15.4. The number of likely N-dealkylation sites (tertiary alicyclic amines) is 2. The molecule has 1 aromatic rings. The van der Waals surface area contributed by atoms with Crippen molar-refractivity contribution in [2.45, 2.75) is 58.4 Å². The summed E-state index contributed by atoms with van der Waals surface area (Å²) >= 11 is 0. The van der Waals surface area contributed by atoms with E-state index in [1.165, 1.54) is 0 Å². The Morgan fingerprint density at radius 2 is 2.16 bits per heavy atom. The fraction of sp³-hybridized carbons (Fsp3) is 0.833. The summed E-state index contributed by atoms with van der Waals surface area (Å²) < 4.78 is 5.40. The van der Waals surface area contributed by atoms with Crippen LogP contribution in [0.1, 0.15) is 63.6 Å². The van der Waals surface area contributed by atoms with Crippen LogP contribution in [0.5, 0.6) is 0 Å². The minimum atomic E-state index is 0.137. The molecule has 0 radical (unpaired) electrons. The highest BCUT2D eigenvalue weighted by atomic mass is 16.5. The summed E-state index contributed by atoms with van der Waals surface area (Å²) in [5.41, 5.74) is 0.169. The molecule has 0 saturated carbocycles. The molecule has 140 valence electrons. The van der Waals surface area contributed by atoms with Gasteiger partial charge in [-0.05, 0) is 32.2 Å². The maximum atomic E-state index is 12.2. The first-order valence-electron chi connectivity index (χ1n) is 9.45. The van der Waals surface area contributed by atoms with Gasteiger partial charge in [0.05, 0.1) is 6.54 Å². The summed E-state index contributed by atoms with van der Waals surface area (Å²) in [6, 6.07) is 0. The number of nitrogens with zero attached hydrogens (tertiary/aromatic N) is 4. The molecule has 1 atom stereocenters. The van der Waals surface area contributed by atoms with E-state index in [2.05, 4.69) is 28.9 Å². The van der Waals surface area contributed by atoms with Gasteiger partial charge in [0.25, 0.3) is 0 Å². The van der Waals surface area contributed by atoms with Crippen molar-refractivity contribution >= 4 is 5.91 Å². The minimum Gasteiger partial charge on any atom is -0.396 e. The van der Waals surface area contributed by atoms with Crippen LogP contribution in [0.25, 0.3) is 0 Å². The van der Waals surface area contributed by atoms with E-state index in [4.69, 9.17) is 9.63 Å². The topological polar surface area (TPSA) is 82.7 Å². The van der Waals surface area contributed by atoms with E-state index in [0.717, 1.165) is 44.7 Å². The van der Waals surface area contributed by atoms with Gasteiger partial charge in [0, 0.05) is 44.0 Å². The van der Waals surface area contributed by atoms with Crippen molar-refractivity contribution in [1.82, 2.24) is 19.9 Å². The first kappa shape index (κ1) is 18.3. The molecule has 2 aliphatic heterocycles. The average Bonchev–Trinajstić information content (AvgIpc) is 3.05. The number of carbonyl (C=O) groups excluding carboxylic acids is 1. The molecular formula is C18H30N4O3. The lowest BCUT2D eigenvalue weighted by molar-refractivity contribution is -0.139. The molecule has 0 aromatic carbocycles. The molecule has 3 heterocycles. The predicted molar refractivity (Wildman–Crippen MR) is 92.8 cm³/mol. The van der Waals surface area contributed by atoms with E-state index < -0.39 is 0 Å². The van der Waals surface area contributed by atoms with Crippen molar-refractivity contribution in [2.75, 3.05) is 32.8 Å². The molecule has 7 heteroatoms. The molecule has 1 N–H and O–H groups in total. The second kappa shape index (κ2) is 7.83. The van der Waals surface area contributed by atoms with Gasteiger partial charge in [-0.2, -0.15) is 4.98 Å². The Bertz CT molecular complexity index is 589. The van der Waals surface area contributed by atoms with Crippen LogP contribution >= 0.6 is 0 Å². The average molecular weight is 350 g/mol. The SMILES string of the molecule is CC(C)c1noc(CN2CCC[C@]3(CCC(=O)N(CCCO)C3)C2)n1. The van der Waals surface area contributed by atoms with Crippen molar-refractivity contribution in [2.24, 2.45) is 5.41 Å². The number of hydrogen-bond donors (Lipinski definition) is 1. The van der Waals surface area contributed by atoms with Crippen molar-refractivity contribution in [3.63, 3.8) is 0 Å². The molecule has 2 saturated heterocycles. The standard InChI is InChI=1S/C18H30N4O3/c1-14(2)17-19-15(25-20-17)11-21-8-3-6-18(12-21)7-5-16(24)22(13-18)9-4-10-23/h14,23H,3-13H2,1-2H3/t18-/m0/s1. The highest BCUT2D eigenvalue weighted by Crippen LogP contribution is 2.39. The third-order valence-electron chi connectivity index (χ3n) is 5.43. The highest BCUT2D eigenvalue weighted by molar-refractivity contribution is 5.77. The van der Waals surface area contributed by atoms with Crippen molar-refractivity contribution in [1.29, 1.82) is 0 Å². The monoisotopic (exact) mass is 350 g/mol. The van der Waals surface area contributed by atoms with Gasteiger partial charge in [0.15, 0.2) is 5.82 Å². The van der Waals surface area contributed by atoms with Gasteiger partial charge in [0.2, 0.25) is 11.8 Å². The molecule has 0 aliphatic carbocycles. The van der Waals surface area contributed by atoms with Crippen molar-refractivity contribution < 1.29 is 14.4 Å². The van der Waals surface area contributed by atoms with Crippen LogP contribution in [0, 0.1) is 5.41 Å². The number of aliphatic hydroxyl groups excluding tert-OH is 1. The first-order valence-corrected chi connectivity index (χ1v) is 9.45. The summed E-state index contributed by atoms with van der Waals surface area (Å²) in [5.74, 6) is 1.95. The van der Waals surface area contributed by atoms with Gasteiger partial charge in [-0.25, -0.2) is 0 Å². The number of hydrogen-bond acceptors (Lipinski definition) is 6. The minimum absolute atomic E-state index is 0.137. The Hall–Kier alpha value is -1.47. The van der Waals surface area contributed by atoms with Gasteiger partial charge in [-0.1, -0.05) is 19.0 Å². The molecule has 3 rings (SSSR count). The smallest absolute Gasteiger partial charge is 0.240 e. The molecule has 0 bridgehead atoms. The Balaban J connectivity index is 1.62. The number of aromatic nitrogens is 2. The van der Waals surface area contributed by atoms with E-state index in [1.54, 1.807) is 0 Å². The number of aliphatic hydroxyl groups is 1. The summed E-state index contributed by atoms with van der Waals surface area (Å²) in [5, 5.41) is 13.1. The summed E-state index contributed by atoms with van der Waals surface area (Å²) in [6.45, 7) is 8.42. The largest absolute Gasteiger partial charge is 0.396 e. The molecular weight excluding hydrogens is 320 g/mol. The molecule has 2 fully saturated rings. The van der Waals surface area contributed by atoms with Gasteiger partial charge >= 0.3 is 0 Å². The second-order valence-electron chi connectivity index (χ2n) is 7.91. The summed E-state index contributed by atoms with van der Waals surface area (Å²) in [6.07, 6.45) is 4.53. The van der Waals surface area contributed by atoms with E-state index >= 15 is 0 Å². The van der Waals surface area contributed by atoms with Gasteiger partial charge in [0.1, 0.15) is 0 Å². The zero-order valence-corrected chi connectivity index (χ0v) is 15.4. The Morgan fingerprint density at radius 1 is 1.32 bits per heavy atom. The third kappa shape index (κ3) is 4.39. The second-order valence-corrected chi connectivity index (χ2v) is 7.91. The van der Waals surface area contributed by atoms with E-state index in [-0.39, 0.29) is 23.8 Å². The lowest BCUT2D eigenvalue weighted by atomic mass is 9.73. The zero-order chi connectivity index (χ0) is 17.9. The lowest BCUT2D eigenvalue weighted by Crippen LogP contribution is -2.54. The van der Waals surface area contributed by atoms with E-state index in [0.29, 0.717) is 31.8 Å². The van der Waals surface area contributed by atoms with Crippen LogP contribution in [-0.2, 0) is 11.3 Å². The fourth-order valence-electron chi connectivity index (χ4n) is 4.10. The van der Waals surface area contributed by atoms with Crippen molar-refractivity contribution in [3.05, 3.63) is 11.7 Å². The molecule has 0 unspecified atom stereocenters. The van der Waals surface area contributed by atoms with Crippen LogP contribution in [0.4, 0.5) is 0 Å². The van der Waals surface area contributed by atoms with Crippen LogP contribution in [-0.4, -0.2) is 63.7 Å². The molecule has 1 aromatic heterocycles. The van der Waals surface area contributed by atoms with Crippen LogP contribution in [0.3, 0.4) is 0 Å². The van der Waals surface area contributed by atoms with E-state index in [9.17, 15) is 4.79 Å². The summed E-state index contributed by atoms with van der Waals surface area (Å²) in [7, 11) is 0.